The number of nitrogens with zero attached hydrogens (tertiary/aromatic N) is 2. The zero-order valence-electron chi connectivity index (χ0n) is 12.9. The van der Waals surface area contributed by atoms with E-state index in [9.17, 15) is 4.79 Å². The Morgan fingerprint density at radius 2 is 2.24 bits per heavy atom. The average molecular weight is 312 g/mol. The van der Waals surface area contributed by atoms with Gasteiger partial charge in [0.05, 0.1) is 6.04 Å². The van der Waals surface area contributed by atoms with Crippen LogP contribution in [0.5, 0.6) is 0 Å². The van der Waals surface area contributed by atoms with Crippen LogP contribution in [0.15, 0.2) is 12.3 Å². The van der Waals surface area contributed by atoms with Crippen molar-refractivity contribution in [2.45, 2.75) is 39.3 Å². The van der Waals surface area contributed by atoms with E-state index in [0.717, 1.165) is 17.7 Å². The van der Waals surface area contributed by atoms with Gasteiger partial charge in [0.2, 0.25) is 0 Å². The van der Waals surface area contributed by atoms with Crippen molar-refractivity contribution in [1.82, 2.24) is 15.2 Å². The zero-order chi connectivity index (χ0) is 15.6. The van der Waals surface area contributed by atoms with E-state index in [1.165, 1.54) is 0 Å². The van der Waals surface area contributed by atoms with Crippen LogP contribution in [-0.4, -0.2) is 41.2 Å². The Morgan fingerprint density at radius 3 is 2.86 bits per heavy atom. The Balaban J connectivity index is 2.22. The molecule has 1 N–H and O–H groups in total. The van der Waals surface area contributed by atoms with E-state index in [0.29, 0.717) is 18.2 Å². The molecule has 1 amide bonds. The third-order valence-corrected chi connectivity index (χ3v) is 3.69. The monoisotopic (exact) mass is 311 g/mol. The summed E-state index contributed by atoms with van der Waals surface area (Å²) in [5, 5.41) is 3.80. The van der Waals surface area contributed by atoms with Gasteiger partial charge in [-0.2, -0.15) is 0 Å². The molecule has 1 aliphatic rings. The van der Waals surface area contributed by atoms with Crippen LogP contribution in [0.3, 0.4) is 0 Å². The lowest BCUT2D eigenvalue weighted by Crippen LogP contribution is -2.50. The lowest BCUT2D eigenvalue weighted by atomic mass is 10.0. The first-order valence-corrected chi connectivity index (χ1v) is 7.48. The van der Waals surface area contributed by atoms with E-state index >= 15 is 0 Å². The molecule has 0 aliphatic carbocycles. The molecule has 1 aromatic heterocycles. The summed E-state index contributed by atoms with van der Waals surface area (Å²) >= 11 is 5.97. The Kier molecular flexibility index (Phi) is 4.74. The Bertz CT molecular complexity index is 528. The maximum Gasteiger partial charge on any atom is 0.410 e. The maximum absolute atomic E-state index is 12.4. The molecule has 0 radical (unpaired) electrons. The van der Waals surface area contributed by atoms with Gasteiger partial charge in [-0.25, -0.2) is 9.78 Å². The number of aromatic nitrogens is 1. The molecule has 5 nitrogen and oxygen atoms in total. The molecule has 1 aromatic rings. The maximum atomic E-state index is 12.4. The predicted octanol–water partition coefficient (Wildman–Crippen LogP) is 2.92. The third kappa shape index (κ3) is 4.08. The van der Waals surface area contributed by atoms with Crippen LogP contribution in [0.1, 0.15) is 37.9 Å². The Hall–Kier alpha value is -1.33. The number of halogens is 1. The van der Waals surface area contributed by atoms with E-state index in [-0.39, 0.29) is 12.1 Å². The fourth-order valence-corrected chi connectivity index (χ4v) is 2.41. The first-order chi connectivity index (χ1) is 9.78. The number of piperazine rings is 1. The van der Waals surface area contributed by atoms with Crippen molar-refractivity contribution in [2.75, 3.05) is 19.6 Å². The second-order valence-electron chi connectivity index (χ2n) is 6.27. The van der Waals surface area contributed by atoms with Crippen LogP contribution >= 0.6 is 11.6 Å². The van der Waals surface area contributed by atoms with Crippen molar-refractivity contribution in [2.24, 2.45) is 0 Å². The van der Waals surface area contributed by atoms with Crippen LogP contribution in [-0.2, 0) is 4.74 Å². The van der Waals surface area contributed by atoms with Gasteiger partial charge in [-0.3, -0.25) is 4.90 Å². The molecule has 116 valence electrons. The molecule has 1 fully saturated rings. The molecule has 2 rings (SSSR count). The second-order valence-corrected chi connectivity index (χ2v) is 6.63. The minimum atomic E-state index is -0.499. The second kappa shape index (κ2) is 6.20. The standard InChI is InChI=1S/C15H22ClN3O2/c1-10-7-11(8-18-13(10)16)12-9-17-5-6-19(12)14(20)21-15(2,3)4/h7-8,12,17H,5-6,9H2,1-4H3. The number of rotatable bonds is 1. The molecule has 1 unspecified atom stereocenters. The molecule has 0 aromatic carbocycles. The van der Waals surface area contributed by atoms with Gasteiger partial charge < -0.3 is 10.1 Å². The lowest BCUT2D eigenvalue weighted by Gasteiger charge is -2.37. The minimum absolute atomic E-state index is 0.0860. The summed E-state index contributed by atoms with van der Waals surface area (Å²) < 4.78 is 5.50. The van der Waals surface area contributed by atoms with Gasteiger partial charge in [0, 0.05) is 25.8 Å². The summed E-state index contributed by atoms with van der Waals surface area (Å²) in [7, 11) is 0. The number of hydrogen-bond donors (Lipinski definition) is 1. The molecule has 1 saturated heterocycles. The fraction of sp³-hybridized carbons (Fsp3) is 0.600. The SMILES string of the molecule is Cc1cc(C2CNCCN2C(=O)OC(C)(C)C)cnc1Cl. The van der Waals surface area contributed by atoms with Gasteiger partial charge in [-0.05, 0) is 44.9 Å². The van der Waals surface area contributed by atoms with Gasteiger partial charge in [0.1, 0.15) is 10.8 Å². The van der Waals surface area contributed by atoms with Crippen molar-refractivity contribution in [3.8, 4) is 0 Å². The van der Waals surface area contributed by atoms with Crippen molar-refractivity contribution < 1.29 is 9.53 Å². The first kappa shape index (κ1) is 16.0. The van der Waals surface area contributed by atoms with Gasteiger partial charge in [0.25, 0.3) is 0 Å². The quantitative estimate of drug-likeness (QED) is 0.810. The van der Waals surface area contributed by atoms with Crippen LogP contribution in [0.2, 0.25) is 5.15 Å². The summed E-state index contributed by atoms with van der Waals surface area (Å²) in [5.41, 5.74) is 1.37. The zero-order valence-corrected chi connectivity index (χ0v) is 13.7. The van der Waals surface area contributed by atoms with Crippen molar-refractivity contribution in [1.29, 1.82) is 0 Å². The normalized spacial score (nSPS) is 19.5. The number of hydrogen-bond acceptors (Lipinski definition) is 4. The van der Waals surface area contributed by atoms with Gasteiger partial charge in [-0.1, -0.05) is 11.6 Å². The van der Waals surface area contributed by atoms with Crippen LogP contribution in [0, 0.1) is 6.92 Å². The van der Waals surface area contributed by atoms with Crippen molar-refractivity contribution in [3.05, 3.63) is 28.5 Å². The van der Waals surface area contributed by atoms with E-state index in [1.807, 2.05) is 33.8 Å². The molecule has 0 spiro atoms. The molecule has 2 heterocycles. The van der Waals surface area contributed by atoms with Crippen LogP contribution < -0.4 is 5.32 Å². The predicted molar refractivity (Wildman–Crippen MR) is 82.5 cm³/mol. The number of ether oxygens (including phenoxy) is 1. The topological polar surface area (TPSA) is 54.5 Å². The van der Waals surface area contributed by atoms with Crippen molar-refractivity contribution in [3.63, 3.8) is 0 Å². The fourth-order valence-electron chi connectivity index (χ4n) is 2.30. The van der Waals surface area contributed by atoms with Crippen LogP contribution in [0.4, 0.5) is 4.79 Å². The van der Waals surface area contributed by atoms with E-state index in [1.54, 1.807) is 11.1 Å². The highest BCUT2D eigenvalue weighted by molar-refractivity contribution is 6.30. The molecule has 0 saturated carbocycles. The van der Waals surface area contributed by atoms with Crippen molar-refractivity contribution >= 4 is 17.7 Å². The third-order valence-electron chi connectivity index (χ3n) is 3.29. The molecule has 1 atom stereocenters. The number of amides is 1. The largest absolute Gasteiger partial charge is 0.444 e. The number of carbonyl (C=O) groups is 1. The highest BCUT2D eigenvalue weighted by Crippen LogP contribution is 2.26. The lowest BCUT2D eigenvalue weighted by molar-refractivity contribution is 0.0117. The first-order valence-electron chi connectivity index (χ1n) is 7.10. The summed E-state index contributed by atoms with van der Waals surface area (Å²) in [6, 6.07) is 1.89. The number of nitrogens with one attached hydrogen (secondary N) is 1. The molecular weight excluding hydrogens is 290 g/mol. The summed E-state index contributed by atoms with van der Waals surface area (Å²) in [6.45, 7) is 9.58. The minimum Gasteiger partial charge on any atom is -0.444 e. The van der Waals surface area contributed by atoms with E-state index in [4.69, 9.17) is 16.3 Å². The highest BCUT2D eigenvalue weighted by Gasteiger charge is 2.31. The number of carbonyl (C=O) groups excluding carboxylic acids is 1. The van der Waals surface area contributed by atoms with E-state index in [2.05, 4.69) is 10.3 Å². The van der Waals surface area contributed by atoms with Gasteiger partial charge in [0.15, 0.2) is 0 Å². The molecule has 21 heavy (non-hydrogen) atoms. The highest BCUT2D eigenvalue weighted by atomic mass is 35.5. The number of aryl methyl sites for hydroxylation is 1. The molecular formula is C15H22ClN3O2. The summed E-state index contributed by atoms with van der Waals surface area (Å²) in [4.78, 5) is 18.3. The Labute approximate surface area is 130 Å². The molecule has 6 heteroatoms. The Morgan fingerprint density at radius 1 is 1.52 bits per heavy atom. The van der Waals surface area contributed by atoms with E-state index < -0.39 is 5.60 Å². The summed E-state index contributed by atoms with van der Waals surface area (Å²) in [6.07, 6.45) is 1.44. The molecule has 0 bridgehead atoms. The number of pyridine rings is 1. The van der Waals surface area contributed by atoms with Gasteiger partial charge >= 0.3 is 6.09 Å². The van der Waals surface area contributed by atoms with Gasteiger partial charge in [-0.15, -0.1) is 0 Å². The average Bonchev–Trinajstić information content (AvgIpc) is 2.40. The van der Waals surface area contributed by atoms with Crippen LogP contribution in [0.25, 0.3) is 0 Å². The smallest absolute Gasteiger partial charge is 0.410 e. The molecule has 1 aliphatic heterocycles. The summed E-state index contributed by atoms with van der Waals surface area (Å²) in [5.74, 6) is 0.